The summed E-state index contributed by atoms with van der Waals surface area (Å²) >= 11 is 5.92. The van der Waals surface area contributed by atoms with E-state index in [1.807, 2.05) is 0 Å². The summed E-state index contributed by atoms with van der Waals surface area (Å²) in [6.45, 7) is 7.48. The lowest BCUT2D eigenvalue weighted by Gasteiger charge is -2.19. The number of alkyl carbamates (subject to hydrolysis) is 1. The Labute approximate surface area is 124 Å². The number of nitrogens with one attached hydrogen (secondary N) is 1. The molecular weight excluding hydrogens is 278 g/mol. The lowest BCUT2D eigenvalue weighted by atomic mass is 10.1. The average Bonchev–Trinajstić information content (AvgIpc) is 2.28. The monoisotopic (exact) mass is 297 g/mol. The number of carbonyl (C=O) groups is 1. The third-order valence-electron chi connectivity index (χ3n) is 2.36. The Morgan fingerprint density at radius 3 is 2.70 bits per heavy atom. The molecule has 0 saturated heterocycles. The standard InChI is InChI=1S/C15H20ClNO3/c1-10-8-12(16)9-11(13(10)18)6-5-7-17-14(19)20-15(2,3)4/h5-6,8-9,18H,7H2,1-4H3,(H,17,19). The van der Waals surface area contributed by atoms with E-state index in [-0.39, 0.29) is 5.75 Å². The summed E-state index contributed by atoms with van der Waals surface area (Å²) in [7, 11) is 0. The van der Waals surface area contributed by atoms with E-state index in [9.17, 15) is 9.90 Å². The average molecular weight is 298 g/mol. The molecule has 0 radical (unpaired) electrons. The number of amides is 1. The lowest BCUT2D eigenvalue weighted by Crippen LogP contribution is -2.32. The number of benzene rings is 1. The van der Waals surface area contributed by atoms with Gasteiger partial charge in [0.05, 0.1) is 0 Å². The first kappa shape index (κ1) is 16.4. The molecule has 1 rings (SSSR count). The van der Waals surface area contributed by atoms with Crippen LogP contribution in [0.4, 0.5) is 4.79 Å². The third-order valence-corrected chi connectivity index (χ3v) is 2.57. The van der Waals surface area contributed by atoms with Crippen LogP contribution in [0.25, 0.3) is 6.08 Å². The smallest absolute Gasteiger partial charge is 0.407 e. The first-order valence-corrected chi connectivity index (χ1v) is 6.69. The van der Waals surface area contributed by atoms with Gasteiger partial charge in [-0.05, 0) is 45.4 Å². The van der Waals surface area contributed by atoms with Crippen LogP contribution in [0.5, 0.6) is 5.75 Å². The summed E-state index contributed by atoms with van der Waals surface area (Å²) < 4.78 is 5.10. The number of halogens is 1. The maximum atomic E-state index is 11.4. The summed E-state index contributed by atoms with van der Waals surface area (Å²) in [5, 5.41) is 13.0. The first-order chi connectivity index (χ1) is 9.19. The van der Waals surface area contributed by atoms with Gasteiger partial charge in [-0.25, -0.2) is 4.79 Å². The third kappa shape index (κ3) is 5.53. The molecule has 0 aromatic heterocycles. The number of phenols is 1. The van der Waals surface area contributed by atoms with Crippen LogP contribution in [-0.4, -0.2) is 23.3 Å². The maximum absolute atomic E-state index is 11.4. The van der Waals surface area contributed by atoms with Crippen molar-refractivity contribution in [3.8, 4) is 5.75 Å². The molecule has 0 saturated carbocycles. The van der Waals surface area contributed by atoms with E-state index in [0.29, 0.717) is 22.7 Å². The van der Waals surface area contributed by atoms with Crippen molar-refractivity contribution in [1.82, 2.24) is 5.32 Å². The summed E-state index contributed by atoms with van der Waals surface area (Å²) in [4.78, 5) is 11.4. The molecule has 0 atom stereocenters. The predicted octanol–water partition coefficient (Wildman–Crippen LogP) is 3.89. The highest BCUT2D eigenvalue weighted by Gasteiger charge is 2.15. The van der Waals surface area contributed by atoms with E-state index in [2.05, 4.69) is 5.32 Å². The molecule has 1 aromatic carbocycles. The van der Waals surface area contributed by atoms with E-state index in [0.717, 1.165) is 0 Å². The SMILES string of the molecule is Cc1cc(Cl)cc(C=CCNC(=O)OC(C)(C)C)c1O. The molecule has 0 heterocycles. The van der Waals surface area contributed by atoms with Gasteiger partial charge >= 0.3 is 6.09 Å². The van der Waals surface area contributed by atoms with E-state index in [4.69, 9.17) is 16.3 Å². The van der Waals surface area contributed by atoms with Crippen LogP contribution in [0.15, 0.2) is 18.2 Å². The number of phenolic OH excluding ortho intramolecular Hbond substituents is 1. The van der Waals surface area contributed by atoms with E-state index < -0.39 is 11.7 Å². The van der Waals surface area contributed by atoms with Crippen molar-refractivity contribution in [2.75, 3.05) is 6.54 Å². The number of aromatic hydroxyl groups is 1. The number of rotatable bonds is 3. The molecule has 2 N–H and O–H groups in total. The van der Waals surface area contributed by atoms with Crippen LogP contribution in [-0.2, 0) is 4.74 Å². The Hall–Kier alpha value is -1.68. The van der Waals surface area contributed by atoms with Crippen molar-refractivity contribution in [3.05, 3.63) is 34.4 Å². The molecule has 20 heavy (non-hydrogen) atoms. The van der Waals surface area contributed by atoms with Gasteiger partial charge in [0.1, 0.15) is 11.4 Å². The lowest BCUT2D eigenvalue weighted by molar-refractivity contribution is 0.0534. The molecule has 1 aromatic rings. The van der Waals surface area contributed by atoms with Crippen LogP contribution in [0, 0.1) is 6.92 Å². The molecule has 0 fully saturated rings. The van der Waals surface area contributed by atoms with Crippen LogP contribution >= 0.6 is 11.6 Å². The van der Waals surface area contributed by atoms with Crippen molar-refractivity contribution in [3.63, 3.8) is 0 Å². The van der Waals surface area contributed by atoms with Crippen molar-refractivity contribution in [2.24, 2.45) is 0 Å². The molecule has 110 valence electrons. The van der Waals surface area contributed by atoms with Gasteiger partial charge in [-0.1, -0.05) is 23.8 Å². The Bertz CT molecular complexity index is 519. The highest BCUT2D eigenvalue weighted by molar-refractivity contribution is 6.30. The summed E-state index contributed by atoms with van der Waals surface area (Å²) in [5.74, 6) is 0.183. The zero-order valence-corrected chi connectivity index (χ0v) is 12.9. The Morgan fingerprint density at radius 2 is 2.10 bits per heavy atom. The van der Waals surface area contributed by atoms with Crippen LogP contribution in [0.2, 0.25) is 5.02 Å². The Morgan fingerprint density at radius 1 is 1.45 bits per heavy atom. The topological polar surface area (TPSA) is 58.6 Å². The molecule has 4 nitrogen and oxygen atoms in total. The second-order valence-corrected chi connectivity index (χ2v) is 5.88. The number of hydrogen-bond donors (Lipinski definition) is 2. The zero-order valence-electron chi connectivity index (χ0n) is 12.2. The van der Waals surface area contributed by atoms with Gasteiger partial charge in [0.15, 0.2) is 0 Å². The molecule has 1 amide bonds. The summed E-state index contributed by atoms with van der Waals surface area (Å²) in [6, 6.07) is 3.35. The number of hydrogen-bond acceptors (Lipinski definition) is 3. The molecular formula is C15H20ClNO3. The Balaban J connectivity index is 2.56. The normalized spacial score (nSPS) is 11.7. The summed E-state index contributed by atoms with van der Waals surface area (Å²) in [6.07, 6.45) is 2.94. The van der Waals surface area contributed by atoms with Crippen molar-refractivity contribution >= 4 is 23.8 Å². The fourth-order valence-electron chi connectivity index (χ4n) is 1.53. The molecule has 5 heteroatoms. The van der Waals surface area contributed by atoms with Crippen LogP contribution in [0.3, 0.4) is 0 Å². The van der Waals surface area contributed by atoms with Crippen LogP contribution < -0.4 is 5.32 Å². The van der Waals surface area contributed by atoms with Gasteiger partial charge < -0.3 is 15.2 Å². The molecule has 0 aliphatic heterocycles. The minimum absolute atomic E-state index is 0.183. The highest BCUT2D eigenvalue weighted by atomic mass is 35.5. The maximum Gasteiger partial charge on any atom is 0.407 e. The molecule has 0 aliphatic rings. The van der Waals surface area contributed by atoms with Gasteiger partial charge in [-0.2, -0.15) is 0 Å². The number of carbonyl (C=O) groups excluding carboxylic acids is 1. The zero-order chi connectivity index (χ0) is 15.3. The second kappa shape index (κ2) is 6.66. The van der Waals surface area contributed by atoms with E-state index in [1.54, 1.807) is 52.0 Å². The van der Waals surface area contributed by atoms with Gasteiger partial charge in [-0.15, -0.1) is 0 Å². The van der Waals surface area contributed by atoms with Crippen molar-refractivity contribution in [1.29, 1.82) is 0 Å². The van der Waals surface area contributed by atoms with E-state index in [1.165, 1.54) is 0 Å². The fraction of sp³-hybridized carbons (Fsp3) is 0.400. The Kier molecular flexibility index (Phi) is 5.45. The highest BCUT2D eigenvalue weighted by Crippen LogP contribution is 2.27. The minimum atomic E-state index is -0.518. The fourth-order valence-corrected chi connectivity index (χ4v) is 1.81. The summed E-state index contributed by atoms with van der Waals surface area (Å²) in [5.41, 5.74) is 0.800. The van der Waals surface area contributed by atoms with Gasteiger partial charge in [0, 0.05) is 17.1 Å². The number of aryl methyl sites for hydroxylation is 1. The quantitative estimate of drug-likeness (QED) is 0.890. The van der Waals surface area contributed by atoms with Crippen LogP contribution in [0.1, 0.15) is 31.9 Å². The second-order valence-electron chi connectivity index (χ2n) is 5.45. The largest absolute Gasteiger partial charge is 0.507 e. The minimum Gasteiger partial charge on any atom is -0.507 e. The molecule has 0 spiro atoms. The van der Waals surface area contributed by atoms with Crippen molar-refractivity contribution < 1.29 is 14.6 Å². The van der Waals surface area contributed by atoms with Gasteiger partial charge in [-0.3, -0.25) is 0 Å². The van der Waals surface area contributed by atoms with Gasteiger partial charge in [0.25, 0.3) is 0 Å². The molecule has 0 aliphatic carbocycles. The predicted molar refractivity (Wildman–Crippen MR) is 81.1 cm³/mol. The van der Waals surface area contributed by atoms with E-state index >= 15 is 0 Å². The van der Waals surface area contributed by atoms with Crippen molar-refractivity contribution in [2.45, 2.75) is 33.3 Å². The first-order valence-electron chi connectivity index (χ1n) is 6.31. The number of ether oxygens (including phenoxy) is 1. The molecule has 0 bridgehead atoms. The van der Waals surface area contributed by atoms with Gasteiger partial charge in [0.2, 0.25) is 0 Å². The molecule has 0 unspecified atom stereocenters.